The molecule has 0 aliphatic carbocycles. The van der Waals surface area contributed by atoms with E-state index in [0.29, 0.717) is 24.8 Å². The molecule has 0 amide bonds. The first-order chi connectivity index (χ1) is 15.6. The molecule has 2 aromatic rings. The molecular formula is C21H23F3N6O3. The summed E-state index contributed by atoms with van der Waals surface area (Å²) in [6, 6.07) is 4.37. The third-order valence-electron chi connectivity index (χ3n) is 6.73. The zero-order valence-corrected chi connectivity index (χ0v) is 18.1. The van der Waals surface area contributed by atoms with Crippen LogP contribution in [0.2, 0.25) is 0 Å². The monoisotopic (exact) mass is 464 g/mol. The standard InChI is InChI=1S/C21H23F3N6O3/c1-20(21(22,23)24)11-29-18(32)6-17(28-8-14-5-13(28)10-33-14)27-19(29)30(20)9-15(31)12-3-4-16(25-2)26-7-12/h3-4,6-7,13-14H,5,8-11H2,1-2H3,(H,25,26)/t13?,14?,20-/m0/s1. The van der Waals surface area contributed by atoms with Crippen molar-refractivity contribution in [3.05, 3.63) is 40.3 Å². The summed E-state index contributed by atoms with van der Waals surface area (Å²) in [4.78, 5) is 37.1. The van der Waals surface area contributed by atoms with E-state index in [0.717, 1.165) is 22.8 Å². The molecule has 2 aromatic heterocycles. The van der Waals surface area contributed by atoms with Gasteiger partial charge in [-0.3, -0.25) is 14.2 Å². The highest BCUT2D eigenvalue weighted by Crippen LogP contribution is 2.43. The minimum absolute atomic E-state index is 0.0269. The summed E-state index contributed by atoms with van der Waals surface area (Å²) in [7, 11) is 1.67. The number of fused-ring (bicyclic) bond motifs is 3. The van der Waals surface area contributed by atoms with Crippen LogP contribution in [0.3, 0.4) is 0 Å². The van der Waals surface area contributed by atoms with Crippen LogP contribution in [0.15, 0.2) is 29.2 Å². The Labute approximate surface area is 187 Å². The molecule has 0 saturated carbocycles. The Morgan fingerprint density at radius 1 is 1.36 bits per heavy atom. The lowest BCUT2D eigenvalue weighted by atomic mass is 10.00. The third kappa shape index (κ3) is 3.43. The number of halogens is 3. The maximum Gasteiger partial charge on any atom is 0.413 e. The molecule has 9 nitrogen and oxygen atoms in total. The number of ketones is 1. The number of anilines is 3. The molecule has 33 heavy (non-hydrogen) atoms. The predicted molar refractivity (Wildman–Crippen MR) is 114 cm³/mol. The lowest BCUT2D eigenvalue weighted by molar-refractivity contribution is -0.181. The molecule has 2 bridgehead atoms. The average molecular weight is 464 g/mol. The Morgan fingerprint density at radius 2 is 2.15 bits per heavy atom. The molecule has 2 unspecified atom stereocenters. The number of nitrogens with one attached hydrogen (secondary N) is 1. The van der Waals surface area contributed by atoms with Gasteiger partial charge < -0.3 is 19.9 Å². The minimum Gasteiger partial charge on any atom is -0.374 e. The van der Waals surface area contributed by atoms with E-state index in [-0.39, 0.29) is 23.7 Å². The molecular weight excluding hydrogens is 441 g/mol. The molecule has 1 N–H and O–H groups in total. The van der Waals surface area contributed by atoms with Crippen molar-refractivity contribution in [2.45, 2.75) is 43.8 Å². The van der Waals surface area contributed by atoms with Gasteiger partial charge in [-0.1, -0.05) is 0 Å². The van der Waals surface area contributed by atoms with Crippen LogP contribution in [0.25, 0.3) is 0 Å². The lowest BCUT2D eigenvalue weighted by Gasteiger charge is -2.36. The van der Waals surface area contributed by atoms with Crippen molar-refractivity contribution in [3.63, 3.8) is 0 Å². The van der Waals surface area contributed by atoms with Crippen molar-refractivity contribution in [1.29, 1.82) is 0 Å². The van der Waals surface area contributed by atoms with Gasteiger partial charge in [-0.2, -0.15) is 18.2 Å². The number of morpholine rings is 1. The molecule has 5 rings (SSSR count). The Hall–Kier alpha value is -3.15. The number of ether oxygens (including phenoxy) is 1. The minimum atomic E-state index is -4.71. The maximum absolute atomic E-state index is 14.2. The molecule has 2 saturated heterocycles. The van der Waals surface area contributed by atoms with Crippen LogP contribution in [0.4, 0.5) is 30.8 Å². The lowest BCUT2D eigenvalue weighted by Crippen LogP contribution is -2.57. The first-order valence-corrected chi connectivity index (χ1v) is 10.6. The van der Waals surface area contributed by atoms with E-state index in [1.807, 2.05) is 4.90 Å². The molecule has 5 heterocycles. The van der Waals surface area contributed by atoms with E-state index in [1.165, 1.54) is 18.3 Å². The van der Waals surface area contributed by atoms with E-state index in [4.69, 9.17) is 4.74 Å². The summed E-state index contributed by atoms with van der Waals surface area (Å²) in [6.45, 7) is 0.767. The van der Waals surface area contributed by atoms with Gasteiger partial charge in [-0.15, -0.1) is 0 Å². The fourth-order valence-electron chi connectivity index (χ4n) is 4.71. The summed E-state index contributed by atoms with van der Waals surface area (Å²) in [5.41, 5.74) is -2.88. The highest BCUT2D eigenvalue weighted by atomic mass is 19.4. The van der Waals surface area contributed by atoms with E-state index in [1.54, 1.807) is 13.1 Å². The van der Waals surface area contributed by atoms with Crippen molar-refractivity contribution >= 4 is 23.4 Å². The van der Waals surface area contributed by atoms with Gasteiger partial charge in [0, 0.05) is 31.4 Å². The maximum atomic E-state index is 14.2. The average Bonchev–Trinajstić information content (AvgIpc) is 3.48. The number of carbonyl (C=O) groups is 1. The number of pyridine rings is 1. The van der Waals surface area contributed by atoms with Crippen molar-refractivity contribution in [2.24, 2.45) is 0 Å². The second-order valence-electron chi connectivity index (χ2n) is 8.80. The number of carbonyl (C=O) groups excluding carboxylic acids is 1. The summed E-state index contributed by atoms with van der Waals surface area (Å²) in [5, 5.41) is 2.82. The van der Waals surface area contributed by atoms with Crippen molar-refractivity contribution in [2.75, 3.05) is 41.9 Å². The molecule has 0 spiro atoms. The van der Waals surface area contributed by atoms with E-state index < -0.39 is 36.1 Å². The Kier molecular flexibility index (Phi) is 4.89. The van der Waals surface area contributed by atoms with Crippen LogP contribution in [0.1, 0.15) is 23.7 Å². The Bertz CT molecular complexity index is 1150. The zero-order chi connectivity index (χ0) is 23.5. The van der Waals surface area contributed by atoms with Gasteiger partial charge in [0.25, 0.3) is 5.56 Å². The molecule has 3 aliphatic heterocycles. The van der Waals surface area contributed by atoms with Gasteiger partial charge in [0.05, 0.1) is 31.8 Å². The van der Waals surface area contributed by atoms with Gasteiger partial charge >= 0.3 is 6.18 Å². The summed E-state index contributed by atoms with van der Waals surface area (Å²) < 4.78 is 49.2. The van der Waals surface area contributed by atoms with Gasteiger partial charge in [0.1, 0.15) is 11.6 Å². The molecule has 3 atom stereocenters. The molecule has 0 radical (unpaired) electrons. The molecule has 3 aliphatic rings. The number of alkyl halides is 3. The Balaban J connectivity index is 1.53. The fraction of sp³-hybridized carbons (Fsp3) is 0.524. The van der Waals surface area contributed by atoms with E-state index in [9.17, 15) is 22.8 Å². The second kappa shape index (κ2) is 7.44. The Morgan fingerprint density at radius 3 is 2.73 bits per heavy atom. The largest absolute Gasteiger partial charge is 0.413 e. The normalized spacial score (nSPS) is 26.1. The highest BCUT2D eigenvalue weighted by molar-refractivity contribution is 5.99. The molecule has 176 valence electrons. The quantitative estimate of drug-likeness (QED) is 0.669. The number of hydrogen-bond acceptors (Lipinski definition) is 8. The van der Waals surface area contributed by atoms with Crippen LogP contribution in [0.5, 0.6) is 0 Å². The smallest absolute Gasteiger partial charge is 0.374 e. The van der Waals surface area contributed by atoms with Gasteiger partial charge in [0.15, 0.2) is 11.3 Å². The second-order valence-corrected chi connectivity index (χ2v) is 8.80. The fourth-order valence-corrected chi connectivity index (χ4v) is 4.71. The number of aromatic nitrogens is 3. The third-order valence-corrected chi connectivity index (χ3v) is 6.73. The van der Waals surface area contributed by atoms with Gasteiger partial charge in [-0.25, -0.2) is 4.98 Å². The number of rotatable bonds is 5. The van der Waals surface area contributed by atoms with Crippen LogP contribution >= 0.6 is 0 Å². The summed E-state index contributed by atoms with van der Waals surface area (Å²) in [6.07, 6.45) is -2.58. The number of hydrogen-bond donors (Lipinski definition) is 1. The molecule has 2 fully saturated rings. The van der Waals surface area contributed by atoms with Crippen LogP contribution in [-0.2, 0) is 11.3 Å². The molecule has 12 heteroatoms. The predicted octanol–water partition coefficient (Wildman–Crippen LogP) is 1.68. The molecule has 0 aromatic carbocycles. The van der Waals surface area contributed by atoms with Gasteiger partial charge in [0.2, 0.25) is 5.95 Å². The SMILES string of the molecule is CNc1ccc(C(=O)CN2c3nc(N4CC5CC4CO5)cc(=O)n3C[C@@]2(C)C(F)(F)F)cn1. The van der Waals surface area contributed by atoms with Crippen LogP contribution in [-0.4, -0.2) is 70.9 Å². The summed E-state index contributed by atoms with van der Waals surface area (Å²) in [5.74, 6) is 0.127. The topological polar surface area (TPSA) is 92.6 Å². The van der Waals surface area contributed by atoms with Crippen molar-refractivity contribution in [3.8, 4) is 0 Å². The first kappa shape index (κ1) is 21.7. The van der Waals surface area contributed by atoms with E-state index in [2.05, 4.69) is 15.3 Å². The van der Waals surface area contributed by atoms with Gasteiger partial charge in [-0.05, 0) is 25.5 Å². The van der Waals surface area contributed by atoms with Crippen molar-refractivity contribution in [1.82, 2.24) is 14.5 Å². The number of nitrogens with zero attached hydrogens (tertiary/aromatic N) is 5. The summed E-state index contributed by atoms with van der Waals surface area (Å²) >= 11 is 0. The number of Topliss-reactive ketones (excluding diaryl/α,β-unsaturated/α-hetero) is 1. The van der Waals surface area contributed by atoms with E-state index >= 15 is 0 Å². The highest BCUT2D eigenvalue weighted by Gasteiger charge is 2.60. The zero-order valence-electron chi connectivity index (χ0n) is 18.1. The van der Waals surface area contributed by atoms with Crippen molar-refractivity contribution < 1.29 is 22.7 Å². The first-order valence-electron chi connectivity index (χ1n) is 10.6. The van der Waals surface area contributed by atoms with Crippen LogP contribution < -0.4 is 20.7 Å². The van der Waals surface area contributed by atoms with Crippen LogP contribution in [0, 0.1) is 0 Å².